The number of hydrogen-bond acceptors (Lipinski definition) is 1. The fourth-order valence-corrected chi connectivity index (χ4v) is 9.18. The van der Waals surface area contributed by atoms with E-state index in [-0.39, 0.29) is 11.2 Å². The summed E-state index contributed by atoms with van der Waals surface area (Å²) < 4.78 is 18.5. The molecule has 0 fully saturated rings. The molecule has 0 unspecified atom stereocenters. The monoisotopic (exact) mass is 650 g/mol. The van der Waals surface area contributed by atoms with Crippen LogP contribution in [0, 0.1) is 12.7 Å². The number of rotatable bonds is 5. The lowest BCUT2D eigenvalue weighted by molar-refractivity contribution is 0.616. The van der Waals surface area contributed by atoms with Crippen LogP contribution < -0.4 is 0 Å². The van der Waals surface area contributed by atoms with E-state index < -0.39 is 0 Å². The van der Waals surface area contributed by atoms with E-state index in [1.807, 2.05) is 53.8 Å². The van der Waals surface area contributed by atoms with Crippen LogP contribution in [-0.2, 0) is 11.8 Å². The van der Waals surface area contributed by atoms with E-state index in [2.05, 4.69) is 118 Å². The smallest absolute Gasteiger partial charge is 0.127 e. The molecule has 8 aromatic rings. The molecule has 236 valence electrons. The zero-order chi connectivity index (χ0) is 33.3. The van der Waals surface area contributed by atoms with Crippen LogP contribution in [0.2, 0.25) is 0 Å². The van der Waals surface area contributed by atoms with Crippen molar-refractivity contribution in [1.82, 2.24) is 0 Å². The molecule has 0 saturated carbocycles. The lowest BCUT2D eigenvalue weighted by Gasteiger charge is -2.23. The molecule has 0 radical (unpaired) electrons. The third kappa shape index (κ3) is 4.85. The van der Waals surface area contributed by atoms with E-state index in [9.17, 15) is 0 Å². The highest BCUT2D eigenvalue weighted by Crippen LogP contribution is 2.52. The van der Waals surface area contributed by atoms with Crippen molar-refractivity contribution < 1.29 is 4.39 Å². The van der Waals surface area contributed by atoms with Crippen molar-refractivity contribution in [2.75, 3.05) is 0 Å². The quantitative estimate of drug-likeness (QED) is 0.163. The summed E-state index contributed by atoms with van der Waals surface area (Å²) >= 11 is 1.82. The molecule has 2 heteroatoms. The number of fused-ring (bicyclic) bond motifs is 8. The van der Waals surface area contributed by atoms with Crippen LogP contribution in [0.15, 0.2) is 140 Å². The van der Waals surface area contributed by atoms with Crippen molar-refractivity contribution in [3.63, 3.8) is 0 Å². The van der Waals surface area contributed by atoms with Gasteiger partial charge in [-0.05, 0) is 97.1 Å². The number of allylic oxidation sites excluding steroid dienone is 1. The predicted molar refractivity (Wildman–Crippen MR) is 209 cm³/mol. The van der Waals surface area contributed by atoms with Gasteiger partial charge in [-0.2, -0.15) is 0 Å². The first-order valence-corrected chi connectivity index (χ1v) is 17.8. The third-order valence-electron chi connectivity index (χ3n) is 10.5. The Morgan fingerprint density at radius 3 is 2.20 bits per heavy atom. The molecule has 0 bridgehead atoms. The topological polar surface area (TPSA) is 0 Å². The summed E-state index contributed by atoms with van der Waals surface area (Å²) in [6, 6.07) is 49.0. The zero-order valence-corrected chi connectivity index (χ0v) is 28.7. The molecule has 1 aromatic heterocycles. The van der Waals surface area contributed by atoms with Gasteiger partial charge < -0.3 is 0 Å². The highest BCUT2D eigenvalue weighted by atomic mass is 32.1. The van der Waals surface area contributed by atoms with Gasteiger partial charge in [-0.3, -0.25) is 0 Å². The Kier molecular flexibility index (Phi) is 6.93. The van der Waals surface area contributed by atoms with Gasteiger partial charge in [0.2, 0.25) is 0 Å². The van der Waals surface area contributed by atoms with Crippen LogP contribution in [0.4, 0.5) is 4.39 Å². The Balaban J connectivity index is 1.22. The zero-order valence-electron chi connectivity index (χ0n) is 27.8. The molecule has 1 aliphatic carbocycles. The molecule has 1 heterocycles. The minimum Gasteiger partial charge on any atom is -0.207 e. The van der Waals surface area contributed by atoms with Crippen molar-refractivity contribution in [2.45, 2.75) is 32.6 Å². The Labute approximate surface area is 290 Å². The first-order valence-electron chi connectivity index (χ1n) is 17.0. The lowest BCUT2D eigenvalue weighted by Crippen LogP contribution is -2.15. The average molecular weight is 651 g/mol. The maximum Gasteiger partial charge on any atom is 0.127 e. The van der Waals surface area contributed by atoms with E-state index in [0.717, 1.165) is 27.8 Å². The molecular formula is C47H35FS. The second-order valence-electron chi connectivity index (χ2n) is 13.9. The van der Waals surface area contributed by atoms with Gasteiger partial charge in [0.25, 0.3) is 0 Å². The molecule has 0 atom stereocenters. The minimum atomic E-state index is -0.178. The van der Waals surface area contributed by atoms with Crippen molar-refractivity contribution in [3.05, 3.63) is 179 Å². The van der Waals surface area contributed by atoms with Gasteiger partial charge in [-0.1, -0.05) is 141 Å². The maximum atomic E-state index is 16.0. The molecule has 0 spiro atoms. The highest BCUT2D eigenvalue weighted by molar-refractivity contribution is 7.25. The number of benzene rings is 7. The van der Waals surface area contributed by atoms with Crippen LogP contribution in [0.5, 0.6) is 0 Å². The number of halogens is 1. The predicted octanol–water partition coefficient (Wildman–Crippen LogP) is 13.4. The van der Waals surface area contributed by atoms with Crippen molar-refractivity contribution in [3.8, 4) is 22.3 Å². The maximum absolute atomic E-state index is 16.0. The fourth-order valence-electron chi connectivity index (χ4n) is 8.04. The van der Waals surface area contributed by atoms with Crippen LogP contribution in [0.25, 0.3) is 64.8 Å². The second kappa shape index (κ2) is 11.4. The molecular weight excluding hydrogens is 616 g/mol. The van der Waals surface area contributed by atoms with Gasteiger partial charge in [0.05, 0.1) is 0 Å². The summed E-state index contributed by atoms with van der Waals surface area (Å²) in [5, 5.41) is 5.12. The summed E-state index contributed by atoms with van der Waals surface area (Å²) in [7, 11) is 0. The van der Waals surface area contributed by atoms with Crippen LogP contribution in [0.3, 0.4) is 0 Å². The molecule has 49 heavy (non-hydrogen) atoms. The summed E-state index contributed by atoms with van der Waals surface area (Å²) in [6.45, 7) is 6.92. The molecule has 1 aliphatic rings. The van der Waals surface area contributed by atoms with Gasteiger partial charge in [0.1, 0.15) is 5.82 Å². The van der Waals surface area contributed by atoms with Gasteiger partial charge in [0, 0.05) is 32.0 Å². The Morgan fingerprint density at radius 1 is 0.653 bits per heavy atom. The van der Waals surface area contributed by atoms with Crippen molar-refractivity contribution >= 4 is 53.9 Å². The molecule has 0 aliphatic heterocycles. The van der Waals surface area contributed by atoms with Crippen LogP contribution in [-0.4, -0.2) is 0 Å². The SMILES string of the molecule is Cc1cc2c(c3ccccc13)-c1ccc(/C=C(/Cc3ccc(-c4ccccc4)cc3F)c3cccc4sc5ccccc5c34)cc1C2(C)C. The lowest BCUT2D eigenvalue weighted by atomic mass is 9.80. The summed E-state index contributed by atoms with van der Waals surface area (Å²) in [5.74, 6) is -0.178. The van der Waals surface area contributed by atoms with Gasteiger partial charge in [-0.25, -0.2) is 4.39 Å². The van der Waals surface area contributed by atoms with Gasteiger partial charge >= 0.3 is 0 Å². The number of hydrogen-bond donors (Lipinski definition) is 0. The summed E-state index contributed by atoms with van der Waals surface area (Å²) in [4.78, 5) is 0. The molecule has 7 aromatic carbocycles. The van der Waals surface area contributed by atoms with Gasteiger partial charge in [0.15, 0.2) is 0 Å². The van der Waals surface area contributed by atoms with Crippen LogP contribution in [0.1, 0.15) is 47.2 Å². The summed E-state index contributed by atoms with van der Waals surface area (Å²) in [5.41, 5.74) is 12.5. The molecule has 0 saturated heterocycles. The average Bonchev–Trinajstić information content (AvgIpc) is 3.61. The van der Waals surface area contributed by atoms with E-state index in [0.29, 0.717) is 12.0 Å². The first kappa shape index (κ1) is 29.8. The standard InChI is InChI=1S/C47H35FS/c1-29-24-41-45(37-15-8-7-14-35(29)37)38-23-20-30(26-40(38)47(41,2)3)25-34(27-33-22-21-32(28-42(33)48)31-12-5-4-6-13-31)36-17-11-19-44-46(36)39-16-9-10-18-43(39)49-44/h4-26,28H,27H2,1-3H3/b34-25-. The van der Waals surface area contributed by atoms with E-state index in [1.54, 1.807) is 6.07 Å². The Bertz CT molecular complexity index is 2620. The number of thiophene rings is 1. The van der Waals surface area contributed by atoms with Crippen molar-refractivity contribution in [1.29, 1.82) is 0 Å². The van der Waals surface area contributed by atoms with E-state index in [4.69, 9.17) is 0 Å². The Hall–Kier alpha value is -5.31. The Morgan fingerprint density at radius 2 is 1.39 bits per heavy atom. The largest absolute Gasteiger partial charge is 0.207 e. The minimum absolute atomic E-state index is 0.146. The third-order valence-corrected chi connectivity index (χ3v) is 11.7. The molecule has 9 rings (SSSR count). The second-order valence-corrected chi connectivity index (χ2v) is 15.0. The van der Waals surface area contributed by atoms with E-state index in [1.165, 1.54) is 58.8 Å². The first-order chi connectivity index (χ1) is 23.9. The highest BCUT2D eigenvalue weighted by Gasteiger charge is 2.37. The van der Waals surface area contributed by atoms with Crippen LogP contribution >= 0.6 is 11.3 Å². The molecule has 0 nitrogen and oxygen atoms in total. The molecule has 0 amide bonds. The normalized spacial score (nSPS) is 13.7. The summed E-state index contributed by atoms with van der Waals surface area (Å²) in [6.07, 6.45) is 2.78. The fraction of sp³-hybridized carbons (Fsp3) is 0.106. The van der Waals surface area contributed by atoms with E-state index >= 15 is 4.39 Å². The van der Waals surface area contributed by atoms with Crippen molar-refractivity contribution in [2.24, 2.45) is 0 Å². The van der Waals surface area contributed by atoms with Gasteiger partial charge in [-0.15, -0.1) is 11.3 Å². The number of aryl methyl sites for hydroxylation is 1. The molecule has 0 N–H and O–H groups in total.